The highest BCUT2D eigenvalue weighted by Crippen LogP contribution is 2.33. The van der Waals surface area contributed by atoms with Gasteiger partial charge in [0.25, 0.3) is 0 Å². The van der Waals surface area contributed by atoms with E-state index in [1.54, 1.807) is 0 Å². The molecule has 1 aliphatic rings. The predicted molar refractivity (Wildman–Crippen MR) is 72.4 cm³/mol. The van der Waals surface area contributed by atoms with E-state index in [2.05, 4.69) is 12.2 Å². The Kier molecular flexibility index (Phi) is 2.74. The summed E-state index contributed by atoms with van der Waals surface area (Å²) in [6.45, 7) is 3.42. The molecule has 18 heavy (non-hydrogen) atoms. The van der Waals surface area contributed by atoms with Crippen LogP contribution in [0.2, 0.25) is 0 Å². The molecule has 0 fully saturated rings. The van der Waals surface area contributed by atoms with E-state index in [-0.39, 0.29) is 5.91 Å². The summed E-state index contributed by atoms with van der Waals surface area (Å²) in [7, 11) is 0. The molecule has 1 aromatic heterocycles. The van der Waals surface area contributed by atoms with Gasteiger partial charge in [-0.1, -0.05) is 18.2 Å². The number of anilines is 1. The molecule has 0 aliphatic heterocycles. The molecular weight excluding hydrogens is 224 g/mol. The van der Waals surface area contributed by atoms with Crippen LogP contribution in [0.1, 0.15) is 24.1 Å². The average molecular weight is 239 g/mol. The summed E-state index contributed by atoms with van der Waals surface area (Å²) in [6.07, 6.45) is 4.33. The lowest BCUT2D eigenvalue weighted by molar-refractivity contribution is -0.112. The molecule has 91 valence electrons. The number of para-hydroxylation sites is 1. The molecular formula is C15H15N2O. The highest BCUT2D eigenvalue weighted by Gasteiger charge is 2.18. The maximum atomic E-state index is 11.3. The van der Waals surface area contributed by atoms with Crippen molar-refractivity contribution in [1.82, 2.24) is 4.98 Å². The van der Waals surface area contributed by atoms with Gasteiger partial charge in [-0.05, 0) is 37.3 Å². The quantitative estimate of drug-likeness (QED) is 0.831. The van der Waals surface area contributed by atoms with E-state index in [9.17, 15) is 4.79 Å². The molecule has 0 saturated carbocycles. The second-order valence-corrected chi connectivity index (χ2v) is 4.68. The van der Waals surface area contributed by atoms with Gasteiger partial charge in [-0.2, -0.15) is 0 Å². The number of nitrogens with one attached hydrogen (secondary N) is 1. The topological polar surface area (TPSA) is 42.0 Å². The number of carbonyl (C=O) groups excluding carboxylic acids is 1. The van der Waals surface area contributed by atoms with Crippen molar-refractivity contribution in [2.45, 2.75) is 25.7 Å². The molecule has 3 heteroatoms. The first-order chi connectivity index (χ1) is 8.75. The molecule has 0 unspecified atom stereocenters. The number of amides is 1. The van der Waals surface area contributed by atoms with Crippen LogP contribution in [0.4, 0.5) is 5.69 Å². The molecule has 1 aromatic carbocycles. The Morgan fingerprint density at radius 3 is 2.83 bits per heavy atom. The summed E-state index contributed by atoms with van der Waals surface area (Å²) >= 11 is 0. The van der Waals surface area contributed by atoms with Crippen LogP contribution in [0.15, 0.2) is 24.3 Å². The Morgan fingerprint density at radius 2 is 2.00 bits per heavy atom. The van der Waals surface area contributed by atoms with Gasteiger partial charge in [0.1, 0.15) is 0 Å². The molecule has 0 atom stereocenters. The Labute approximate surface area is 106 Å². The number of rotatable bonds is 1. The Bertz CT molecular complexity index is 619. The maximum absolute atomic E-state index is 11.3. The summed E-state index contributed by atoms with van der Waals surface area (Å²) in [5.74, 6) is -0.265. The molecule has 1 radical (unpaired) electrons. The van der Waals surface area contributed by atoms with Crippen molar-refractivity contribution in [3.8, 4) is 0 Å². The standard InChI is InChI=1S/C15H15N2O/c1-10(18)16-15-11-6-2-4-8-13(11)17-14-9-5-3-7-12(14)15/h2,4,6,8H,1,3,5,7,9H2,(H,16,17,18). The fourth-order valence-corrected chi connectivity index (χ4v) is 2.65. The summed E-state index contributed by atoms with van der Waals surface area (Å²) in [5, 5.41) is 3.90. The van der Waals surface area contributed by atoms with Gasteiger partial charge < -0.3 is 5.32 Å². The van der Waals surface area contributed by atoms with Crippen molar-refractivity contribution in [2.75, 3.05) is 5.32 Å². The molecule has 0 saturated heterocycles. The average Bonchev–Trinajstić information content (AvgIpc) is 2.38. The fourth-order valence-electron chi connectivity index (χ4n) is 2.65. The van der Waals surface area contributed by atoms with Crippen molar-refractivity contribution in [3.05, 3.63) is 42.4 Å². The van der Waals surface area contributed by atoms with Crippen molar-refractivity contribution >= 4 is 22.5 Å². The number of nitrogens with zero attached hydrogens (tertiary/aromatic N) is 1. The number of hydrogen-bond donors (Lipinski definition) is 1. The molecule has 0 bridgehead atoms. The monoisotopic (exact) mass is 239 g/mol. The smallest absolute Gasteiger partial charge is 0.224 e. The Balaban J connectivity index is 2.28. The number of carbonyl (C=O) groups is 1. The van der Waals surface area contributed by atoms with Crippen molar-refractivity contribution < 1.29 is 4.79 Å². The molecule has 1 heterocycles. The molecule has 1 aliphatic carbocycles. The number of aryl methyl sites for hydroxylation is 1. The van der Waals surface area contributed by atoms with Crippen LogP contribution in [0, 0.1) is 6.92 Å². The van der Waals surface area contributed by atoms with Crippen molar-refractivity contribution in [1.29, 1.82) is 0 Å². The second-order valence-electron chi connectivity index (χ2n) is 4.68. The SMILES string of the molecule is [CH2]C(=O)Nc1c2c(nc3ccccc13)CCCC2. The normalized spacial score (nSPS) is 14.3. The first kappa shape index (κ1) is 11.2. The lowest BCUT2D eigenvalue weighted by atomic mass is 9.92. The number of pyridine rings is 1. The van der Waals surface area contributed by atoms with Gasteiger partial charge in [-0.15, -0.1) is 0 Å². The number of aromatic nitrogens is 1. The third-order valence-electron chi connectivity index (χ3n) is 3.43. The summed E-state index contributed by atoms with van der Waals surface area (Å²) in [5.41, 5.74) is 4.18. The Hall–Kier alpha value is -1.90. The van der Waals surface area contributed by atoms with Gasteiger partial charge in [-0.3, -0.25) is 9.78 Å². The minimum Gasteiger partial charge on any atom is -0.325 e. The van der Waals surface area contributed by atoms with E-state index in [1.165, 1.54) is 12.0 Å². The van der Waals surface area contributed by atoms with Gasteiger partial charge in [-0.25, -0.2) is 0 Å². The van der Waals surface area contributed by atoms with Gasteiger partial charge >= 0.3 is 0 Å². The van der Waals surface area contributed by atoms with Crippen molar-refractivity contribution in [2.24, 2.45) is 0 Å². The third-order valence-corrected chi connectivity index (χ3v) is 3.43. The van der Waals surface area contributed by atoms with Crippen LogP contribution < -0.4 is 5.32 Å². The van der Waals surface area contributed by atoms with Gasteiger partial charge in [0.2, 0.25) is 5.91 Å². The molecule has 3 rings (SSSR count). The summed E-state index contributed by atoms with van der Waals surface area (Å²) in [6, 6.07) is 7.93. The van der Waals surface area contributed by atoms with Crippen LogP contribution in [0.3, 0.4) is 0 Å². The van der Waals surface area contributed by atoms with E-state index < -0.39 is 0 Å². The summed E-state index contributed by atoms with van der Waals surface area (Å²) < 4.78 is 0. The van der Waals surface area contributed by atoms with Gasteiger partial charge in [0.05, 0.1) is 11.2 Å². The van der Waals surface area contributed by atoms with Crippen LogP contribution >= 0.6 is 0 Å². The summed E-state index contributed by atoms with van der Waals surface area (Å²) in [4.78, 5) is 16.0. The van der Waals surface area contributed by atoms with Gasteiger partial charge in [0.15, 0.2) is 0 Å². The zero-order valence-electron chi connectivity index (χ0n) is 10.2. The highest BCUT2D eigenvalue weighted by molar-refractivity contribution is 6.03. The van der Waals surface area contributed by atoms with E-state index in [4.69, 9.17) is 4.98 Å². The zero-order valence-corrected chi connectivity index (χ0v) is 10.2. The van der Waals surface area contributed by atoms with Crippen LogP contribution in [0.25, 0.3) is 10.9 Å². The number of fused-ring (bicyclic) bond motifs is 2. The van der Waals surface area contributed by atoms with E-state index in [0.717, 1.165) is 41.5 Å². The highest BCUT2D eigenvalue weighted by atomic mass is 16.1. The molecule has 0 spiro atoms. The largest absolute Gasteiger partial charge is 0.325 e. The minimum atomic E-state index is -0.265. The Morgan fingerprint density at radius 1 is 1.22 bits per heavy atom. The molecule has 1 amide bonds. The first-order valence-electron chi connectivity index (χ1n) is 6.29. The number of hydrogen-bond acceptors (Lipinski definition) is 2. The molecule has 1 N–H and O–H groups in total. The van der Waals surface area contributed by atoms with Gasteiger partial charge in [0, 0.05) is 18.0 Å². The van der Waals surface area contributed by atoms with Crippen LogP contribution in [-0.2, 0) is 17.6 Å². The predicted octanol–water partition coefficient (Wildman–Crippen LogP) is 2.89. The first-order valence-corrected chi connectivity index (χ1v) is 6.29. The second kappa shape index (κ2) is 4.41. The molecule has 3 nitrogen and oxygen atoms in total. The fraction of sp³-hybridized carbons (Fsp3) is 0.267. The van der Waals surface area contributed by atoms with E-state index in [1.807, 2.05) is 24.3 Å². The van der Waals surface area contributed by atoms with E-state index in [0.29, 0.717) is 0 Å². The van der Waals surface area contributed by atoms with E-state index >= 15 is 0 Å². The number of benzene rings is 1. The maximum Gasteiger partial charge on any atom is 0.224 e. The minimum absolute atomic E-state index is 0.265. The van der Waals surface area contributed by atoms with Crippen LogP contribution in [-0.4, -0.2) is 10.9 Å². The lowest BCUT2D eigenvalue weighted by Crippen LogP contribution is -2.14. The van der Waals surface area contributed by atoms with Crippen LogP contribution in [0.5, 0.6) is 0 Å². The molecule has 2 aromatic rings. The third kappa shape index (κ3) is 1.86. The lowest BCUT2D eigenvalue weighted by Gasteiger charge is -2.20. The van der Waals surface area contributed by atoms with Crippen molar-refractivity contribution in [3.63, 3.8) is 0 Å². The zero-order chi connectivity index (χ0) is 12.5.